The zero-order valence-electron chi connectivity index (χ0n) is 16.6. The van der Waals surface area contributed by atoms with E-state index in [1.54, 1.807) is 17.0 Å². The fraction of sp³-hybridized carbons (Fsp3) is 0.250. The summed E-state index contributed by atoms with van der Waals surface area (Å²) < 4.78 is 5.42. The van der Waals surface area contributed by atoms with Crippen LogP contribution in [0.4, 0.5) is 11.4 Å². The van der Waals surface area contributed by atoms with E-state index < -0.39 is 0 Å². The molecule has 0 aliphatic carbocycles. The molecule has 0 bridgehead atoms. The largest absolute Gasteiger partial charge is 0.459 e. The van der Waals surface area contributed by atoms with Gasteiger partial charge in [-0.1, -0.05) is 43.3 Å². The molecule has 0 spiro atoms. The Morgan fingerprint density at radius 3 is 2.45 bits per heavy atom. The van der Waals surface area contributed by atoms with Gasteiger partial charge in [0.25, 0.3) is 5.91 Å². The molecule has 148 valence electrons. The number of benzene rings is 2. The molecular formula is C24H24N2O3. The summed E-state index contributed by atoms with van der Waals surface area (Å²) in [6, 6.07) is 20.7. The Balaban J connectivity index is 1.84. The van der Waals surface area contributed by atoms with Crippen molar-refractivity contribution in [3.05, 3.63) is 84.3 Å². The van der Waals surface area contributed by atoms with Gasteiger partial charge in [-0.15, -0.1) is 0 Å². The maximum atomic E-state index is 13.4. The lowest BCUT2D eigenvalue weighted by molar-refractivity contribution is -0.118. The molecule has 3 aromatic rings. The minimum Gasteiger partial charge on any atom is -0.459 e. The molecule has 4 rings (SSSR count). The van der Waals surface area contributed by atoms with Gasteiger partial charge in [0.1, 0.15) is 0 Å². The van der Waals surface area contributed by atoms with Gasteiger partial charge in [0.15, 0.2) is 5.76 Å². The van der Waals surface area contributed by atoms with Crippen LogP contribution in [0.2, 0.25) is 0 Å². The second-order valence-corrected chi connectivity index (χ2v) is 7.26. The van der Waals surface area contributed by atoms with Crippen LogP contribution in [0.25, 0.3) is 0 Å². The van der Waals surface area contributed by atoms with Gasteiger partial charge in [-0.3, -0.25) is 14.5 Å². The van der Waals surface area contributed by atoms with Crippen LogP contribution < -0.4 is 9.80 Å². The van der Waals surface area contributed by atoms with E-state index in [-0.39, 0.29) is 23.9 Å². The molecule has 1 aromatic heterocycles. The minimum atomic E-state index is -0.206. The first-order chi connectivity index (χ1) is 14.1. The molecule has 0 N–H and O–H groups in total. The fourth-order valence-corrected chi connectivity index (χ4v) is 4.12. The summed E-state index contributed by atoms with van der Waals surface area (Å²) in [4.78, 5) is 29.7. The third kappa shape index (κ3) is 3.44. The fourth-order valence-electron chi connectivity index (χ4n) is 4.12. The Kier molecular flexibility index (Phi) is 5.21. The molecule has 0 saturated carbocycles. The average molecular weight is 388 g/mol. The number of hydrogen-bond donors (Lipinski definition) is 0. The number of fused-ring (bicyclic) bond motifs is 1. The molecule has 29 heavy (non-hydrogen) atoms. The second-order valence-electron chi connectivity index (χ2n) is 7.26. The summed E-state index contributed by atoms with van der Waals surface area (Å²) in [6.45, 7) is 3.91. The van der Waals surface area contributed by atoms with E-state index in [0.29, 0.717) is 18.6 Å². The maximum Gasteiger partial charge on any atom is 0.294 e. The minimum absolute atomic E-state index is 0.0297. The third-order valence-corrected chi connectivity index (χ3v) is 5.43. The normalized spacial score (nSPS) is 18.2. The molecule has 0 fully saturated rings. The van der Waals surface area contributed by atoms with E-state index in [4.69, 9.17) is 4.42 Å². The lowest BCUT2D eigenvalue weighted by atomic mass is 9.89. The van der Waals surface area contributed by atoms with Gasteiger partial charge in [0, 0.05) is 23.8 Å². The highest BCUT2D eigenvalue weighted by Crippen LogP contribution is 2.42. The molecular weight excluding hydrogens is 364 g/mol. The van der Waals surface area contributed by atoms with Gasteiger partial charge < -0.3 is 9.32 Å². The quantitative estimate of drug-likeness (QED) is 0.617. The van der Waals surface area contributed by atoms with Crippen LogP contribution in [0.15, 0.2) is 77.4 Å². The van der Waals surface area contributed by atoms with Crippen LogP contribution in [-0.2, 0) is 4.79 Å². The van der Waals surface area contributed by atoms with E-state index in [9.17, 15) is 9.59 Å². The van der Waals surface area contributed by atoms with E-state index in [1.807, 2.05) is 73.3 Å². The van der Waals surface area contributed by atoms with Crippen molar-refractivity contribution >= 4 is 23.2 Å². The number of para-hydroxylation sites is 2. The van der Waals surface area contributed by atoms with Gasteiger partial charge in [0.2, 0.25) is 5.91 Å². The highest BCUT2D eigenvalue weighted by molar-refractivity contribution is 6.05. The monoisotopic (exact) mass is 388 g/mol. The lowest BCUT2D eigenvalue weighted by Gasteiger charge is -2.43. The molecule has 0 unspecified atom stereocenters. The van der Waals surface area contributed by atoms with Crippen LogP contribution in [0.1, 0.15) is 48.8 Å². The summed E-state index contributed by atoms with van der Waals surface area (Å²) >= 11 is 0. The van der Waals surface area contributed by atoms with Crippen LogP contribution in [0.3, 0.4) is 0 Å². The van der Waals surface area contributed by atoms with Crippen molar-refractivity contribution in [2.24, 2.45) is 0 Å². The van der Waals surface area contributed by atoms with Crippen molar-refractivity contribution in [1.82, 2.24) is 0 Å². The van der Waals surface area contributed by atoms with Crippen molar-refractivity contribution in [3.63, 3.8) is 0 Å². The summed E-state index contributed by atoms with van der Waals surface area (Å²) in [7, 11) is 0. The molecule has 2 aromatic carbocycles. The van der Waals surface area contributed by atoms with Gasteiger partial charge in [-0.25, -0.2) is 0 Å². The molecule has 2 atom stereocenters. The van der Waals surface area contributed by atoms with E-state index in [2.05, 4.69) is 0 Å². The first kappa shape index (κ1) is 19.0. The molecule has 5 heteroatoms. The lowest BCUT2D eigenvalue weighted by Crippen LogP contribution is -2.47. The average Bonchev–Trinajstić information content (AvgIpc) is 3.29. The highest BCUT2D eigenvalue weighted by Gasteiger charge is 2.38. The first-order valence-electron chi connectivity index (χ1n) is 9.95. The van der Waals surface area contributed by atoms with Crippen LogP contribution in [0.5, 0.6) is 0 Å². The summed E-state index contributed by atoms with van der Waals surface area (Å²) in [5.41, 5.74) is 2.64. The second kappa shape index (κ2) is 7.95. The summed E-state index contributed by atoms with van der Waals surface area (Å²) in [5, 5.41) is 0. The molecule has 1 aliphatic heterocycles. The highest BCUT2D eigenvalue weighted by atomic mass is 16.3. The summed E-state index contributed by atoms with van der Waals surface area (Å²) in [6.07, 6.45) is 2.59. The topological polar surface area (TPSA) is 53.8 Å². The smallest absolute Gasteiger partial charge is 0.294 e. The predicted octanol–water partition coefficient (Wildman–Crippen LogP) is 5.20. The Bertz CT molecular complexity index is 998. The van der Waals surface area contributed by atoms with Gasteiger partial charge in [-0.05, 0) is 49.2 Å². The van der Waals surface area contributed by atoms with Crippen molar-refractivity contribution in [3.8, 4) is 0 Å². The van der Waals surface area contributed by atoms with Gasteiger partial charge in [-0.2, -0.15) is 0 Å². The van der Waals surface area contributed by atoms with Crippen molar-refractivity contribution in [1.29, 1.82) is 0 Å². The molecule has 2 heterocycles. The zero-order chi connectivity index (χ0) is 20.4. The number of furan rings is 1. The predicted molar refractivity (Wildman–Crippen MR) is 113 cm³/mol. The van der Waals surface area contributed by atoms with Crippen molar-refractivity contribution in [2.75, 3.05) is 9.80 Å². The SMILES string of the molecule is CCC(=O)N1c2ccccc2[C@@H](N(C(=O)c2ccco2)c2ccccc2)C[C@H]1C. The van der Waals surface area contributed by atoms with E-state index in [1.165, 1.54) is 6.26 Å². The maximum absolute atomic E-state index is 13.4. The van der Waals surface area contributed by atoms with Crippen LogP contribution >= 0.6 is 0 Å². The first-order valence-corrected chi connectivity index (χ1v) is 9.95. The Labute approximate surface area is 170 Å². The van der Waals surface area contributed by atoms with E-state index >= 15 is 0 Å². The van der Waals surface area contributed by atoms with E-state index in [0.717, 1.165) is 16.9 Å². The molecule has 0 saturated heterocycles. The van der Waals surface area contributed by atoms with Crippen LogP contribution in [0, 0.1) is 0 Å². The number of carbonyl (C=O) groups excluding carboxylic acids is 2. The van der Waals surface area contributed by atoms with Gasteiger partial charge in [0.05, 0.1) is 12.3 Å². The molecule has 1 aliphatic rings. The third-order valence-electron chi connectivity index (χ3n) is 5.43. The standard InChI is InChI=1S/C24H24N2O3/c1-3-23(27)25-17(2)16-21(19-12-7-8-13-20(19)25)26(18-10-5-4-6-11-18)24(28)22-14-9-15-29-22/h4-15,17,21H,3,16H2,1-2H3/t17-,21+/m1/s1. The van der Waals surface area contributed by atoms with Gasteiger partial charge >= 0.3 is 0 Å². The molecule has 5 nitrogen and oxygen atoms in total. The van der Waals surface area contributed by atoms with Crippen molar-refractivity contribution < 1.29 is 14.0 Å². The number of amides is 2. The number of anilines is 2. The van der Waals surface area contributed by atoms with Crippen LogP contribution in [-0.4, -0.2) is 17.9 Å². The van der Waals surface area contributed by atoms with Crippen molar-refractivity contribution in [2.45, 2.75) is 38.8 Å². The Morgan fingerprint density at radius 1 is 1.03 bits per heavy atom. The Hall–Kier alpha value is -3.34. The summed E-state index contributed by atoms with van der Waals surface area (Å²) in [5.74, 6) is 0.196. The number of rotatable bonds is 4. The molecule has 0 radical (unpaired) electrons. The number of nitrogens with zero attached hydrogens (tertiary/aromatic N) is 2. The number of carbonyl (C=O) groups is 2. The number of hydrogen-bond acceptors (Lipinski definition) is 3. The Morgan fingerprint density at radius 2 is 1.76 bits per heavy atom. The zero-order valence-corrected chi connectivity index (χ0v) is 16.6. The molecule has 2 amide bonds.